The van der Waals surface area contributed by atoms with Gasteiger partial charge in [0, 0.05) is 20.1 Å². The van der Waals surface area contributed by atoms with Gasteiger partial charge in [0.15, 0.2) is 0 Å². The number of ether oxygens (including phenoxy) is 2. The minimum absolute atomic E-state index is 0.0865. The normalized spacial score (nSPS) is 25.6. The van der Waals surface area contributed by atoms with Crippen molar-refractivity contribution < 1.29 is 14.3 Å². The van der Waals surface area contributed by atoms with Crippen LogP contribution in [0.4, 0.5) is 0 Å². The van der Waals surface area contributed by atoms with Crippen molar-refractivity contribution in [2.45, 2.75) is 45.6 Å². The summed E-state index contributed by atoms with van der Waals surface area (Å²) in [5.74, 6) is -0.0865. The average Bonchev–Trinajstić information content (AvgIpc) is 2.29. The van der Waals surface area contributed by atoms with E-state index in [0.29, 0.717) is 6.61 Å². The molecule has 1 heterocycles. The van der Waals surface area contributed by atoms with E-state index in [-0.39, 0.29) is 17.0 Å². The standard InChI is InChI=1S/C13H25NO3/c1-12(2,16-4)7-9-17-11(15)13(3)6-5-8-14-10-13/h14H,5-10H2,1-4H3. The highest BCUT2D eigenvalue weighted by Gasteiger charge is 2.36. The van der Waals surface area contributed by atoms with E-state index in [1.165, 1.54) is 0 Å². The monoisotopic (exact) mass is 243 g/mol. The Morgan fingerprint density at radius 3 is 2.71 bits per heavy atom. The second-order valence-electron chi connectivity index (χ2n) is 5.69. The SMILES string of the molecule is COC(C)(C)CCOC(=O)C1(C)CCCNC1. The molecule has 1 fully saturated rings. The van der Waals surface area contributed by atoms with Crippen LogP contribution in [-0.4, -0.2) is 38.4 Å². The summed E-state index contributed by atoms with van der Waals surface area (Å²) in [6.45, 7) is 8.10. The van der Waals surface area contributed by atoms with Crippen LogP contribution >= 0.6 is 0 Å². The van der Waals surface area contributed by atoms with E-state index >= 15 is 0 Å². The Morgan fingerprint density at radius 1 is 1.47 bits per heavy atom. The van der Waals surface area contributed by atoms with Gasteiger partial charge in [-0.3, -0.25) is 4.79 Å². The van der Waals surface area contributed by atoms with E-state index in [9.17, 15) is 4.79 Å². The molecule has 1 atom stereocenters. The molecule has 4 nitrogen and oxygen atoms in total. The van der Waals surface area contributed by atoms with Crippen LogP contribution < -0.4 is 5.32 Å². The van der Waals surface area contributed by atoms with Crippen molar-refractivity contribution >= 4 is 5.97 Å². The van der Waals surface area contributed by atoms with Gasteiger partial charge in [0.05, 0.1) is 17.6 Å². The largest absolute Gasteiger partial charge is 0.465 e. The van der Waals surface area contributed by atoms with Gasteiger partial charge in [-0.1, -0.05) is 0 Å². The van der Waals surface area contributed by atoms with E-state index in [4.69, 9.17) is 9.47 Å². The molecule has 0 aliphatic carbocycles. The highest BCUT2D eigenvalue weighted by molar-refractivity contribution is 5.76. The molecule has 1 saturated heterocycles. The van der Waals surface area contributed by atoms with Gasteiger partial charge in [-0.15, -0.1) is 0 Å². The number of nitrogens with one attached hydrogen (secondary N) is 1. The number of piperidine rings is 1. The molecular formula is C13H25NO3. The lowest BCUT2D eigenvalue weighted by atomic mass is 9.83. The second-order valence-corrected chi connectivity index (χ2v) is 5.69. The molecule has 0 spiro atoms. The van der Waals surface area contributed by atoms with Gasteiger partial charge in [0.1, 0.15) is 0 Å². The zero-order valence-electron chi connectivity index (χ0n) is 11.5. The number of carbonyl (C=O) groups is 1. The molecular weight excluding hydrogens is 218 g/mol. The minimum atomic E-state index is -0.352. The first-order chi connectivity index (χ1) is 7.90. The Labute approximate surface area is 104 Å². The van der Waals surface area contributed by atoms with Gasteiger partial charge in [-0.25, -0.2) is 0 Å². The molecule has 1 aliphatic heterocycles. The van der Waals surface area contributed by atoms with Gasteiger partial charge < -0.3 is 14.8 Å². The van der Waals surface area contributed by atoms with E-state index < -0.39 is 0 Å². The van der Waals surface area contributed by atoms with Crippen molar-refractivity contribution in [3.05, 3.63) is 0 Å². The lowest BCUT2D eigenvalue weighted by Crippen LogP contribution is -2.44. The number of esters is 1. The second kappa shape index (κ2) is 5.83. The Morgan fingerprint density at radius 2 is 2.18 bits per heavy atom. The number of hydrogen-bond acceptors (Lipinski definition) is 4. The summed E-state index contributed by atoms with van der Waals surface area (Å²) in [7, 11) is 1.67. The van der Waals surface area contributed by atoms with Crippen molar-refractivity contribution in [1.82, 2.24) is 5.32 Å². The third-order valence-corrected chi connectivity index (χ3v) is 3.58. The average molecular weight is 243 g/mol. The summed E-state index contributed by atoms with van der Waals surface area (Å²) in [4.78, 5) is 12.0. The molecule has 0 radical (unpaired) electrons. The molecule has 0 aromatic rings. The molecule has 0 saturated carbocycles. The van der Waals surface area contributed by atoms with Gasteiger partial charge in [-0.05, 0) is 40.2 Å². The van der Waals surface area contributed by atoms with Crippen molar-refractivity contribution in [2.24, 2.45) is 5.41 Å². The molecule has 1 rings (SSSR count). The highest BCUT2D eigenvalue weighted by atomic mass is 16.5. The Balaban J connectivity index is 2.34. The number of methoxy groups -OCH3 is 1. The van der Waals surface area contributed by atoms with Gasteiger partial charge in [0.2, 0.25) is 0 Å². The predicted molar refractivity (Wildman–Crippen MR) is 66.9 cm³/mol. The molecule has 0 aromatic carbocycles. The Hall–Kier alpha value is -0.610. The van der Waals surface area contributed by atoms with Crippen molar-refractivity contribution in [2.75, 3.05) is 26.8 Å². The summed E-state index contributed by atoms with van der Waals surface area (Å²) in [6.07, 6.45) is 2.67. The molecule has 1 N–H and O–H groups in total. The summed E-state index contributed by atoms with van der Waals surface area (Å²) in [5.41, 5.74) is -0.582. The highest BCUT2D eigenvalue weighted by Crippen LogP contribution is 2.27. The molecule has 1 aliphatic rings. The topological polar surface area (TPSA) is 47.6 Å². The quantitative estimate of drug-likeness (QED) is 0.747. The van der Waals surface area contributed by atoms with E-state index in [2.05, 4.69) is 5.32 Å². The third kappa shape index (κ3) is 4.28. The van der Waals surface area contributed by atoms with Crippen LogP contribution in [0, 0.1) is 5.41 Å². The summed E-state index contributed by atoms with van der Waals surface area (Å²) in [6, 6.07) is 0. The van der Waals surface area contributed by atoms with E-state index in [1.807, 2.05) is 20.8 Å². The van der Waals surface area contributed by atoms with Crippen LogP contribution in [0.1, 0.15) is 40.0 Å². The predicted octanol–water partition coefficient (Wildman–Crippen LogP) is 1.73. The fourth-order valence-electron chi connectivity index (χ4n) is 1.90. The van der Waals surface area contributed by atoms with Crippen molar-refractivity contribution in [3.8, 4) is 0 Å². The molecule has 100 valence electrons. The maximum atomic E-state index is 12.0. The first-order valence-electron chi connectivity index (χ1n) is 6.33. The Bertz CT molecular complexity index is 257. The van der Waals surface area contributed by atoms with Crippen molar-refractivity contribution in [1.29, 1.82) is 0 Å². The summed E-state index contributed by atoms with van der Waals surface area (Å²) >= 11 is 0. The van der Waals surface area contributed by atoms with Crippen LogP contribution in [0.25, 0.3) is 0 Å². The molecule has 4 heteroatoms. The fraction of sp³-hybridized carbons (Fsp3) is 0.923. The fourth-order valence-corrected chi connectivity index (χ4v) is 1.90. The van der Waals surface area contributed by atoms with E-state index in [1.54, 1.807) is 7.11 Å². The number of carbonyl (C=O) groups excluding carboxylic acids is 1. The maximum Gasteiger partial charge on any atom is 0.313 e. The van der Waals surface area contributed by atoms with Crippen LogP contribution in [0.3, 0.4) is 0 Å². The van der Waals surface area contributed by atoms with Crippen LogP contribution in [-0.2, 0) is 14.3 Å². The maximum absolute atomic E-state index is 12.0. The zero-order chi connectivity index (χ0) is 12.9. The molecule has 0 bridgehead atoms. The van der Waals surface area contributed by atoms with Crippen LogP contribution in [0.15, 0.2) is 0 Å². The lowest BCUT2D eigenvalue weighted by molar-refractivity contribution is -0.157. The summed E-state index contributed by atoms with van der Waals surface area (Å²) in [5, 5.41) is 3.25. The molecule has 0 aromatic heterocycles. The minimum Gasteiger partial charge on any atom is -0.465 e. The Kier molecular flexibility index (Phi) is 4.95. The first-order valence-corrected chi connectivity index (χ1v) is 6.33. The first kappa shape index (κ1) is 14.5. The van der Waals surface area contributed by atoms with Gasteiger partial charge in [0.25, 0.3) is 0 Å². The molecule has 1 unspecified atom stereocenters. The molecule has 0 amide bonds. The zero-order valence-corrected chi connectivity index (χ0v) is 11.5. The van der Waals surface area contributed by atoms with Gasteiger partial charge in [-0.2, -0.15) is 0 Å². The number of rotatable bonds is 5. The van der Waals surface area contributed by atoms with Crippen molar-refractivity contribution in [3.63, 3.8) is 0 Å². The van der Waals surface area contributed by atoms with E-state index in [0.717, 1.165) is 32.4 Å². The molecule has 17 heavy (non-hydrogen) atoms. The summed E-state index contributed by atoms with van der Waals surface area (Å²) < 4.78 is 10.6. The number of hydrogen-bond donors (Lipinski definition) is 1. The third-order valence-electron chi connectivity index (χ3n) is 3.58. The lowest BCUT2D eigenvalue weighted by Gasteiger charge is -2.32. The van der Waals surface area contributed by atoms with Gasteiger partial charge >= 0.3 is 5.97 Å². The van der Waals surface area contributed by atoms with Crippen LogP contribution in [0.2, 0.25) is 0 Å². The smallest absolute Gasteiger partial charge is 0.313 e. The van der Waals surface area contributed by atoms with Crippen LogP contribution in [0.5, 0.6) is 0 Å².